The SMILES string of the molecule is COc1cc(C)ccc1OCC(=O)c1ccc(C)cc1C. The van der Waals surface area contributed by atoms with Crippen molar-refractivity contribution in [1.82, 2.24) is 0 Å². The van der Waals surface area contributed by atoms with E-state index in [1.165, 1.54) is 0 Å². The van der Waals surface area contributed by atoms with E-state index in [0.29, 0.717) is 17.1 Å². The largest absolute Gasteiger partial charge is 0.493 e. The molecule has 3 heteroatoms. The summed E-state index contributed by atoms with van der Waals surface area (Å²) in [6.07, 6.45) is 0. The third-order valence-corrected chi connectivity index (χ3v) is 3.36. The highest BCUT2D eigenvalue weighted by atomic mass is 16.5. The van der Waals surface area contributed by atoms with E-state index in [-0.39, 0.29) is 12.4 Å². The molecule has 0 N–H and O–H groups in total. The van der Waals surface area contributed by atoms with Gasteiger partial charge in [-0.25, -0.2) is 0 Å². The Balaban J connectivity index is 2.11. The van der Waals surface area contributed by atoms with E-state index < -0.39 is 0 Å². The molecule has 0 aliphatic carbocycles. The minimum Gasteiger partial charge on any atom is -0.493 e. The van der Waals surface area contributed by atoms with Crippen molar-refractivity contribution in [3.63, 3.8) is 0 Å². The third kappa shape index (κ3) is 3.63. The van der Waals surface area contributed by atoms with Crippen molar-refractivity contribution in [2.75, 3.05) is 13.7 Å². The van der Waals surface area contributed by atoms with Gasteiger partial charge in [0.2, 0.25) is 0 Å². The minimum atomic E-state index is -0.0323. The highest BCUT2D eigenvalue weighted by molar-refractivity contribution is 5.98. The van der Waals surface area contributed by atoms with E-state index in [4.69, 9.17) is 9.47 Å². The first kappa shape index (κ1) is 15.1. The average molecular weight is 284 g/mol. The summed E-state index contributed by atoms with van der Waals surface area (Å²) in [5.41, 5.74) is 3.90. The number of aryl methyl sites for hydroxylation is 3. The predicted molar refractivity (Wildman–Crippen MR) is 83.5 cm³/mol. The van der Waals surface area contributed by atoms with Gasteiger partial charge in [-0.15, -0.1) is 0 Å². The minimum absolute atomic E-state index is 0.00330. The summed E-state index contributed by atoms with van der Waals surface area (Å²) in [5.74, 6) is 1.19. The number of ether oxygens (including phenoxy) is 2. The highest BCUT2D eigenvalue weighted by Gasteiger charge is 2.12. The second-order valence-electron chi connectivity index (χ2n) is 5.18. The van der Waals surface area contributed by atoms with Gasteiger partial charge in [0.25, 0.3) is 0 Å². The summed E-state index contributed by atoms with van der Waals surface area (Å²) in [6.45, 7) is 5.93. The van der Waals surface area contributed by atoms with Crippen LogP contribution in [0.3, 0.4) is 0 Å². The molecule has 3 nitrogen and oxygen atoms in total. The number of hydrogen-bond donors (Lipinski definition) is 0. The molecule has 0 aromatic heterocycles. The molecule has 0 aliphatic rings. The molecule has 0 heterocycles. The molecule has 0 atom stereocenters. The quantitative estimate of drug-likeness (QED) is 0.782. The maximum atomic E-state index is 12.3. The molecular formula is C18H20O3. The third-order valence-electron chi connectivity index (χ3n) is 3.36. The molecule has 0 radical (unpaired) electrons. The van der Waals surface area contributed by atoms with E-state index in [9.17, 15) is 4.79 Å². The maximum absolute atomic E-state index is 12.3. The lowest BCUT2D eigenvalue weighted by molar-refractivity contribution is 0.0919. The van der Waals surface area contributed by atoms with E-state index in [0.717, 1.165) is 16.7 Å². The van der Waals surface area contributed by atoms with Crippen LogP contribution in [0.2, 0.25) is 0 Å². The average Bonchev–Trinajstić information content (AvgIpc) is 2.45. The molecule has 0 unspecified atom stereocenters. The number of methoxy groups -OCH3 is 1. The fraction of sp³-hybridized carbons (Fsp3) is 0.278. The van der Waals surface area contributed by atoms with Gasteiger partial charge in [-0.05, 0) is 44.0 Å². The number of carbonyl (C=O) groups is 1. The summed E-state index contributed by atoms with van der Waals surface area (Å²) >= 11 is 0. The zero-order valence-corrected chi connectivity index (χ0v) is 12.9. The van der Waals surface area contributed by atoms with E-state index >= 15 is 0 Å². The van der Waals surface area contributed by atoms with E-state index in [2.05, 4.69) is 0 Å². The van der Waals surface area contributed by atoms with Crippen molar-refractivity contribution in [2.24, 2.45) is 0 Å². The van der Waals surface area contributed by atoms with Crippen LogP contribution in [-0.2, 0) is 0 Å². The van der Waals surface area contributed by atoms with Gasteiger partial charge in [0.1, 0.15) is 0 Å². The molecule has 0 saturated heterocycles. The van der Waals surface area contributed by atoms with Gasteiger partial charge in [0.15, 0.2) is 23.9 Å². The van der Waals surface area contributed by atoms with Crippen molar-refractivity contribution < 1.29 is 14.3 Å². The molecule has 0 amide bonds. The lowest BCUT2D eigenvalue weighted by Crippen LogP contribution is -2.13. The first-order valence-corrected chi connectivity index (χ1v) is 6.89. The second kappa shape index (κ2) is 6.44. The van der Waals surface area contributed by atoms with Crippen molar-refractivity contribution in [1.29, 1.82) is 0 Å². The first-order chi connectivity index (χ1) is 10.0. The van der Waals surface area contributed by atoms with Gasteiger partial charge >= 0.3 is 0 Å². The van der Waals surface area contributed by atoms with Crippen LogP contribution in [0.5, 0.6) is 11.5 Å². The van der Waals surface area contributed by atoms with Gasteiger partial charge in [0, 0.05) is 5.56 Å². The number of Topliss-reactive ketones (excluding diaryl/α,β-unsaturated/α-hetero) is 1. The number of benzene rings is 2. The Kier molecular flexibility index (Phi) is 4.63. The summed E-state index contributed by atoms with van der Waals surface area (Å²) in [4.78, 5) is 12.3. The summed E-state index contributed by atoms with van der Waals surface area (Å²) in [6, 6.07) is 11.4. The molecule has 2 aromatic carbocycles. The van der Waals surface area contributed by atoms with Crippen molar-refractivity contribution in [3.05, 3.63) is 58.7 Å². The lowest BCUT2D eigenvalue weighted by atomic mass is 10.0. The molecule has 110 valence electrons. The molecule has 0 bridgehead atoms. The van der Waals surface area contributed by atoms with Crippen molar-refractivity contribution in [3.8, 4) is 11.5 Å². The molecule has 0 aliphatic heterocycles. The smallest absolute Gasteiger partial charge is 0.200 e. The van der Waals surface area contributed by atoms with Crippen LogP contribution in [0.4, 0.5) is 0 Å². The number of carbonyl (C=O) groups excluding carboxylic acids is 1. The fourth-order valence-corrected chi connectivity index (χ4v) is 2.24. The molecule has 0 spiro atoms. The topological polar surface area (TPSA) is 35.5 Å². The van der Waals surface area contributed by atoms with Gasteiger partial charge in [-0.3, -0.25) is 4.79 Å². The summed E-state index contributed by atoms with van der Waals surface area (Å²) in [7, 11) is 1.59. The summed E-state index contributed by atoms with van der Waals surface area (Å²) < 4.78 is 10.9. The maximum Gasteiger partial charge on any atom is 0.200 e. The molecular weight excluding hydrogens is 264 g/mol. The lowest BCUT2D eigenvalue weighted by Gasteiger charge is -2.11. The van der Waals surface area contributed by atoms with Crippen LogP contribution in [0.1, 0.15) is 27.0 Å². The Morgan fingerprint density at radius 1 is 0.952 bits per heavy atom. The molecule has 21 heavy (non-hydrogen) atoms. The molecule has 0 fully saturated rings. The zero-order valence-electron chi connectivity index (χ0n) is 12.9. The monoisotopic (exact) mass is 284 g/mol. The second-order valence-corrected chi connectivity index (χ2v) is 5.18. The van der Waals surface area contributed by atoms with Gasteiger partial charge < -0.3 is 9.47 Å². The number of rotatable bonds is 5. The molecule has 2 rings (SSSR count). The first-order valence-electron chi connectivity index (χ1n) is 6.89. The predicted octanol–water partition coefficient (Wildman–Crippen LogP) is 3.88. The van der Waals surface area contributed by atoms with Gasteiger partial charge in [0.05, 0.1) is 7.11 Å². The summed E-state index contributed by atoms with van der Waals surface area (Å²) in [5, 5.41) is 0. The number of ketones is 1. The standard InChI is InChI=1S/C18H20O3/c1-12-5-7-15(14(3)9-12)16(19)11-21-17-8-6-13(2)10-18(17)20-4/h5-10H,11H2,1-4H3. The molecule has 2 aromatic rings. The Hall–Kier alpha value is -2.29. The van der Waals surface area contributed by atoms with E-state index in [1.54, 1.807) is 7.11 Å². The van der Waals surface area contributed by atoms with Crippen LogP contribution in [-0.4, -0.2) is 19.5 Å². The molecule has 0 saturated carbocycles. The van der Waals surface area contributed by atoms with Crippen LogP contribution < -0.4 is 9.47 Å². The van der Waals surface area contributed by atoms with Crippen molar-refractivity contribution >= 4 is 5.78 Å². The number of hydrogen-bond acceptors (Lipinski definition) is 3. The van der Waals surface area contributed by atoms with E-state index in [1.807, 2.05) is 57.2 Å². The van der Waals surface area contributed by atoms with Crippen LogP contribution >= 0.6 is 0 Å². The Morgan fingerprint density at radius 2 is 1.62 bits per heavy atom. The van der Waals surface area contributed by atoms with Crippen LogP contribution in [0.25, 0.3) is 0 Å². The normalized spacial score (nSPS) is 10.3. The van der Waals surface area contributed by atoms with Gasteiger partial charge in [-0.1, -0.05) is 29.8 Å². The Labute approximate surface area is 125 Å². The van der Waals surface area contributed by atoms with Crippen molar-refractivity contribution in [2.45, 2.75) is 20.8 Å². The highest BCUT2D eigenvalue weighted by Crippen LogP contribution is 2.27. The van der Waals surface area contributed by atoms with Crippen LogP contribution in [0, 0.1) is 20.8 Å². The van der Waals surface area contributed by atoms with Crippen LogP contribution in [0.15, 0.2) is 36.4 Å². The fourth-order valence-electron chi connectivity index (χ4n) is 2.24. The Morgan fingerprint density at radius 3 is 2.29 bits per heavy atom. The van der Waals surface area contributed by atoms with Gasteiger partial charge in [-0.2, -0.15) is 0 Å². The zero-order chi connectivity index (χ0) is 15.4. The Bertz CT molecular complexity index is 660.